The van der Waals surface area contributed by atoms with Crippen LogP contribution in [0.25, 0.3) is 0 Å². The Morgan fingerprint density at radius 2 is 1.67 bits per heavy atom. The van der Waals surface area contributed by atoms with Crippen molar-refractivity contribution in [1.29, 1.82) is 0 Å². The zero-order chi connectivity index (χ0) is 5.82. The summed E-state index contributed by atoms with van der Waals surface area (Å²) in [6.45, 7) is 0. The molecule has 1 rings (SSSR count). The molecule has 1 N–H and O–H groups in total. The monoisotopic (exact) mass is 145 g/mol. The molecule has 0 aromatic carbocycles. The second kappa shape index (κ2) is 5.00. The van der Waals surface area contributed by atoms with Gasteiger partial charge >= 0.3 is 0 Å². The van der Waals surface area contributed by atoms with Gasteiger partial charge in [0.15, 0.2) is 0 Å². The molecule has 1 saturated carbocycles. The molecule has 0 unspecified atom stereocenters. The van der Waals surface area contributed by atoms with Crippen molar-refractivity contribution in [2.45, 2.75) is 38.1 Å². The van der Waals surface area contributed by atoms with E-state index in [2.05, 4.69) is 12.4 Å². The van der Waals surface area contributed by atoms with Gasteiger partial charge in [0.25, 0.3) is 0 Å². The van der Waals surface area contributed by atoms with Crippen LogP contribution in [0.1, 0.15) is 32.1 Å². The van der Waals surface area contributed by atoms with E-state index in [0.29, 0.717) is 0 Å². The third kappa shape index (κ3) is 3.01. The Morgan fingerprint density at radius 3 is 2.00 bits per heavy atom. The van der Waals surface area contributed by atoms with Gasteiger partial charge in [0.05, 0.1) is 0 Å². The molecule has 0 atom stereocenters. The molecule has 0 bridgehead atoms. The maximum Gasteiger partial charge on any atom is 0.00640 e. The quantitative estimate of drug-likeness (QED) is 0.516. The second-order valence-electron chi connectivity index (χ2n) is 2.62. The molecule has 0 spiro atoms. The second-order valence-corrected chi connectivity index (χ2v) is 2.62. The molecule has 1 aliphatic carbocycles. The summed E-state index contributed by atoms with van der Waals surface area (Å²) in [6, 6.07) is 0.837. The topological polar surface area (TPSA) is 12.0 Å². The van der Waals surface area contributed by atoms with E-state index in [0.717, 1.165) is 6.04 Å². The normalized spacial score (nSPS) is 21.0. The first-order chi connectivity index (χ1) is 3.93. The fourth-order valence-corrected chi connectivity index (χ4v) is 1.39. The lowest BCUT2D eigenvalue weighted by molar-refractivity contribution is 0.394. The highest BCUT2D eigenvalue weighted by Gasteiger charge is 2.09. The van der Waals surface area contributed by atoms with Crippen molar-refractivity contribution in [3.63, 3.8) is 0 Å². The van der Waals surface area contributed by atoms with E-state index in [1.54, 1.807) is 0 Å². The number of hydrogen-bond donors (Lipinski definition) is 1. The zero-order valence-corrected chi connectivity index (χ0v) is 5.61. The van der Waals surface area contributed by atoms with Gasteiger partial charge in [-0.2, -0.15) is 0 Å². The van der Waals surface area contributed by atoms with Crippen molar-refractivity contribution in [3.05, 3.63) is 0 Å². The summed E-state index contributed by atoms with van der Waals surface area (Å²) in [6.07, 6.45) is 7.13. The van der Waals surface area contributed by atoms with Gasteiger partial charge in [-0.15, -0.1) is 0 Å². The summed E-state index contributed by atoms with van der Waals surface area (Å²) >= 11 is 0. The number of hydrogen-bond acceptors (Lipinski definition) is 1. The number of nitrogens with one attached hydrogen (secondary N) is 1. The van der Waals surface area contributed by atoms with Crippen LogP contribution in [-0.2, 0) is 0 Å². The Kier molecular flexibility index (Phi) is 5.10. The molecule has 2 heteroatoms. The van der Waals surface area contributed by atoms with Crippen LogP contribution in [0.2, 0.25) is 0 Å². The first kappa shape index (κ1) is 9.18. The molecule has 0 heterocycles. The van der Waals surface area contributed by atoms with Gasteiger partial charge in [0.1, 0.15) is 0 Å². The molecule has 0 aromatic rings. The first-order valence-corrected chi connectivity index (χ1v) is 3.61. The lowest BCUT2D eigenvalue weighted by Crippen LogP contribution is -2.26. The average molecular weight is 145 g/mol. The molecule has 9 heavy (non-hydrogen) atoms. The summed E-state index contributed by atoms with van der Waals surface area (Å²) in [5, 5.41) is 3.30. The lowest BCUT2D eigenvalue weighted by atomic mass is 9.96. The van der Waals surface area contributed by atoms with E-state index in [-0.39, 0.29) is 11.0 Å². The maximum absolute atomic E-state index is 3.30. The van der Waals surface area contributed by atoms with Crippen LogP contribution in [0.5, 0.6) is 0 Å². The highest BCUT2D eigenvalue weighted by Crippen LogP contribution is 2.16. The van der Waals surface area contributed by atoms with Gasteiger partial charge in [-0.25, -0.2) is 0 Å². The first-order valence-electron chi connectivity index (χ1n) is 3.61. The fraction of sp³-hybridized carbons (Fsp3) is 1.00. The minimum absolute atomic E-state index is 0. The standard InChI is InChI=1S/C7H15N.H4Si/c1-8-7-5-3-2-4-6-7;/h7-8H,2-6H2,1H3;1H4. The van der Waals surface area contributed by atoms with Gasteiger partial charge in [0.2, 0.25) is 0 Å². The third-order valence-corrected chi connectivity index (χ3v) is 2.01. The third-order valence-electron chi connectivity index (χ3n) is 2.01. The largest absolute Gasteiger partial charge is 0.317 e. The van der Waals surface area contributed by atoms with Gasteiger partial charge < -0.3 is 5.32 Å². The van der Waals surface area contributed by atoms with Crippen LogP contribution >= 0.6 is 0 Å². The summed E-state index contributed by atoms with van der Waals surface area (Å²) in [5.41, 5.74) is 0. The van der Waals surface area contributed by atoms with E-state index < -0.39 is 0 Å². The predicted molar refractivity (Wildman–Crippen MR) is 47.3 cm³/mol. The van der Waals surface area contributed by atoms with Crippen LogP contribution < -0.4 is 5.32 Å². The smallest absolute Gasteiger partial charge is 0.00640 e. The SMILES string of the molecule is CNC1CCCCC1.[SiH4]. The van der Waals surface area contributed by atoms with Crippen LogP contribution in [0.3, 0.4) is 0 Å². The van der Waals surface area contributed by atoms with Crippen molar-refractivity contribution in [3.8, 4) is 0 Å². The molecule has 56 valence electrons. The van der Waals surface area contributed by atoms with Crippen molar-refractivity contribution in [2.24, 2.45) is 0 Å². The Hall–Kier alpha value is 0.177. The maximum atomic E-state index is 3.30. The highest BCUT2D eigenvalue weighted by atomic mass is 28.1. The Labute approximate surface area is 62.2 Å². The molecule has 1 aliphatic rings. The van der Waals surface area contributed by atoms with Crippen molar-refractivity contribution in [1.82, 2.24) is 5.32 Å². The molecule has 1 fully saturated rings. The van der Waals surface area contributed by atoms with E-state index in [4.69, 9.17) is 0 Å². The van der Waals surface area contributed by atoms with Crippen LogP contribution in [0, 0.1) is 0 Å². The summed E-state index contributed by atoms with van der Waals surface area (Å²) < 4.78 is 0. The number of rotatable bonds is 1. The summed E-state index contributed by atoms with van der Waals surface area (Å²) in [5.74, 6) is 0. The van der Waals surface area contributed by atoms with Gasteiger partial charge in [-0.3, -0.25) is 0 Å². The van der Waals surface area contributed by atoms with E-state index in [1.165, 1.54) is 32.1 Å². The summed E-state index contributed by atoms with van der Waals surface area (Å²) in [4.78, 5) is 0. The van der Waals surface area contributed by atoms with E-state index >= 15 is 0 Å². The minimum atomic E-state index is 0. The molecule has 0 saturated heterocycles. The van der Waals surface area contributed by atoms with E-state index in [1.807, 2.05) is 0 Å². The fourth-order valence-electron chi connectivity index (χ4n) is 1.39. The molecule has 1 nitrogen and oxygen atoms in total. The minimum Gasteiger partial charge on any atom is -0.317 e. The Morgan fingerprint density at radius 1 is 1.11 bits per heavy atom. The molecule has 0 aliphatic heterocycles. The average Bonchev–Trinajstić information content (AvgIpc) is 1.90. The van der Waals surface area contributed by atoms with Crippen LogP contribution in [0.15, 0.2) is 0 Å². The predicted octanol–water partition coefficient (Wildman–Crippen LogP) is 0.0869. The highest BCUT2D eigenvalue weighted by molar-refractivity contribution is 5.75. The van der Waals surface area contributed by atoms with Crippen LogP contribution in [0.4, 0.5) is 0 Å². The molecule has 0 aromatic heterocycles. The molecular weight excluding hydrogens is 126 g/mol. The Bertz CT molecular complexity index is 59.9. The van der Waals surface area contributed by atoms with E-state index in [9.17, 15) is 0 Å². The van der Waals surface area contributed by atoms with Crippen molar-refractivity contribution in [2.75, 3.05) is 7.05 Å². The van der Waals surface area contributed by atoms with Gasteiger partial charge in [0, 0.05) is 6.04 Å². The molecule has 0 radical (unpaired) electrons. The molecular formula is C7H19NSi. The van der Waals surface area contributed by atoms with Crippen LogP contribution in [-0.4, -0.2) is 24.1 Å². The molecule has 0 amide bonds. The summed E-state index contributed by atoms with van der Waals surface area (Å²) in [7, 11) is 2.07. The lowest BCUT2D eigenvalue weighted by Gasteiger charge is -2.20. The Balaban J connectivity index is 0.000000640. The zero-order valence-electron chi connectivity index (χ0n) is 5.61. The van der Waals surface area contributed by atoms with Crippen molar-refractivity contribution < 1.29 is 0 Å². The van der Waals surface area contributed by atoms with Gasteiger partial charge in [-0.1, -0.05) is 19.3 Å². The van der Waals surface area contributed by atoms with Gasteiger partial charge in [-0.05, 0) is 30.9 Å². The van der Waals surface area contributed by atoms with Crippen molar-refractivity contribution >= 4 is 11.0 Å².